The number of nitrogens with zero attached hydrogens (tertiary/aromatic N) is 3. The van der Waals surface area contributed by atoms with E-state index >= 15 is 0 Å². The van der Waals surface area contributed by atoms with Crippen LogP contribution >= 0.6 is 11.8 Å². The third-order valence-electron chi connectivity index (χ3n) is 7.64. The number of aromatic nitrogens is 1. The number of aromatic hydroxyl groups is 1. The van der Waals surface area contributed by atoms with Crippen LogP contribution in [0.5, 0.6) is 11.6 Å². The van der Waals surface area contributed by atoms with Crippen molar-refractivity contribution in [3.05, 3.63) is 92.8 Å². The van der Waals surface area contributed by atoms with Gasteiger partial charge in [-0.05, 0) is 55.2 Å². The van der Waals surface area contributed by atoms with Crippen LogP contribution in [-0.4, -0.2) is 46.5 Å². The quantitative estimate of drug-likeness (QED) is 0.263. The van der Waals surface area contributed by atoms with Gasteiger partial charge >= 0.3 is 0 Å². The largest absolute Gasteiger partial charge is 0.497 e. The first kappa shape index (κ1) is 31.2. The number of unbranched alkanes of at least 4 members (excludes halogenated alkanes) is 2. The van der Waals surface area contributed by atoms with E-state index in [1.165, 1.54) is 0 Å². The molecule has 1 amide bonds. The van der Waals surface area contributed by atoms with Gasteiger partial charge in [0.25, 0.3) is 11.5 Å². The van der Waals surface area contributed by atoms with Crippen LogP contribution in [0.4, 0.5) is 0 Å². The molecule has 4 rings (SSSR count). The number of pyridine rings is 1. The van der Waals surface area contributed by atoms with Crippen LogP contribution in [-0.2, 0) is 4.99 Å². The Bertz CT molecular complexity index is 1500. The number of carbonyl (C=O) groups is 1. The molecule has 0 aliphatic carbocycles. The van der Waals surface area contributed by atoms with Crippen molar-refractivity contribution in [2.45, 2.75) is 57.5 Å². The molecule has 2 aromatic carbocycles. The molecule has 2 atom stereocenters. The van der Waals surface area contributed by atoms with Gasteiger partial charge in [-0.2, -0.15) is 9.94 Å². The van der Waals surface area contributed by atoms with E-state index in [0.29, 0.717) is 22.4 Å². The van der Waals surface area contributed by atoms with Gasteiger partial charge in [0.2, 0.25) is 5.88 Å². The van der Waals surface area contributed by atoms with Crippen molar-refractivity contribution in [3.63, 3.8) is 0 Å². The molecule has 2 unspecified atom stereocenters. The van der Waals surface area contributed by atoms with E-state index in [4.69, 9.17) is 4.74 Å². The maximum atomic E-state index is 13.5. The van der Waals surface area contributed by atoms with Crippen molar-refractivity contribution in [2.75, 3.05) is 31.4 Å². The number of benzene rings is 2. The van der Waals surface area contributed by atoms with Crippen LogP contribution in [0.3, 0.4) is 0 Å². The monoisotopic (exact) mass is 589 g/mol. The van der Waals surface area contributed by atoms with E-state index in [1.54, 1.807) is 56.1 Å². The van der Waals surface area contributed by atoms with E-state index in [9.17, 15) is 20.0 Å². The number of nitrogens with one attached hydrogen (secondary N) is 2. The summed E-state index contributed by atoms with van der Waals surface area (Å²) in [5, 5.41) is 25.8. The third-order valence-corrected chi connectivity index (χ3v) is 9.13. The predicted octanol–water partition coefficient (Wildman–Crippen LogP) is 5.22. The molecule has 1 aliphatic rings. The third kappa shape index (κ3) is 6.19. The Balaban J connectivity index is 1.91. The van der Waals surface area contributed by atoms with Crippen molar-refractivity contribution in [2.24, 2.45) is 0 Å². The molecule has 0 bridgehead atoms. The summed E-state index contributed by atoms with van der Waals surface area (Å²) in [6.45, 7) is 7.43. The Morgan fingerprint density at radius 2 is 1.88 bits per heavy atom. The van der Waals surface area contributed by atoms with Crippen molar-refractivity contribution >= 4 is 17.7 Å². The molecule has 222 valence electrons. The fraction of sp³-hybridized carbons (Fsp3) is 0.406. The van der Waals surface area contributed by atoms with Gasteiger partial charge < -0.3 is 9.84 Å². The summed E-state index contributed by atoms with van der Waals surface area (Å²) in [6, 6.07) is 18.2. The molecule has 0 radical (unpaired) electrons. The van der Waals surface area contributed by atoms with Crippen molar-refractivity contribution in [1.82, 2.24) is 14.9 Å². The maximum absolute atomic E-state index is 13.5. The lowest BCUT2D eigenvalue weighted by molar-refractivity contribution is 0.100. The lowest BCUT2D eigenvalue weighted by Gasteiger charge is -2.43. The van der Waals surface area contributed by atoms with Gasteiger partial charge in [-0.1, -0.05) is 57.0 Å². The lowest BCUT2D eigenvalue weighted by Crippen LogP contribution is -2.53. The number of ether oxygens (including phenoxy) is 1. The van der Waals surface area contributed by atoms with Gasteiger partial charge in [-0.25, -0.2) is 0 Å². The minimum atomic E-state index is -0.981. The Kier molecular flexibility index (Phi) is 10.3. The fourth-order valence-corrected chi connectivity index (χ4v) is 7.00. The second-order valence-corrected chi connectivity index (χ2v) is 11.6. The van der Waals surface area contributed by atoms with Crippen LogP contribution in [0, 0.1) is 18.3 Å². The number of amides is 1. The molecule has 1 aromatic heterocycles. The number of hydrogen-bond acceptors (Lipinski definition) is 8. The molecule has 1 saturated heterocycles. The highest BCUT2D eigenvalue weighted by molar-refractivity contribution is 8.00. The van der Waals surface area contributed by atoms with E-state index in [0.717, 1.165) is 54.8 Å². The van der Waals surface area contributed by atoms with Gasteiger partial charge in [0, 0.05) is 30.4 Å². The summed E-state index contributed by atoms with van der Waals surface area (Å²) in [6.07, 6.45) is 3.80. The fourth-order valence-electron chi connectivity index (χ4n) is 5.34. The minimum absolute atomic E-state index is 0.112. The summed E-state index contributed by atoms with van der Waals surface area (Å²) in [5.74, 6) is 0.438. The van der Waals surface area contributed by atoms with E-state index in [1.807, 2.05) is 30.3 Å². The summed E-state index contributed by atoms with van der Waals surface area (Å²) >= 11 is 1.62. The van der Waals surface area contributed by atoms with Gasteiger partial charge in [0.05, 0.1) is 12.7 Å². The zero-order valence-electron chi connectivity index (χ0n) is 24.6. The standard InChI is InChI=1S/C32H39N5O4S/c1-5-7-17-36(18-8-6-2)32(34-27(21-42-32)24-15-12-16-25(19-24)41-4)28-22(3)26(20-33)30(39)37(31(28)40)35-29(38)23-13-10-9-11-14-23/h9-16,19,27,34,40H,5-8,17-18,21H2,1-4H3,(H,35,38). The number of rotatable bonds is 12. The summed E-state index contributed by atoms with van der Waals surface area (Å²) in [7, 11) is 1.63. The zero-order valence-corrected chi connectivity index (χ0v) is 25.5. The van der Waals surface area contributed by atoms with E-state index in [2.05, 4.69) is 29.5 Å². The molecular formula is C32H39N5O4S. The highest BCUT2D eigenvalue weighted by atomic mass is 32.2. The van der Waals surface area contributed by atoms with Crippen LogP contribution in [0.25, 0.3) is 0 Å². The Morgan fingerprint density at radius 1 is 1.19 bits per heavy atom. The summed E-state index contributed by atoms with van der Waals surface area (Å²) in [4.78, 5) is 27.9. The number of nitriles is 1. The second-order valence-electron chi connectivity index (χ2n) is 10.4. The number of carbonyl (C=O) groups excluding carboxylic acids is 1. The highest BCUT2D eigenvalue weighted by Gasteiger charge is 2.49. The van der Waals surface area contributed by atoms with Gasteiger partial charge in [0.1, 0.15) is 17.4 Å². The Hall–Kier alpha value is -3.78. The van der Waals surface area contributed by atoms with Crippen molar-refractivity contribution in [3.8, 4) is 17.7 Å². The summed E-state index contributed by atoms with van der Waals surface area (Å²) in [5.41, 5.74) is 3.77. The molecule has 10 heteroatoms. The summed E-state index contributed by atoms with van der Waals surface area (Å²) < 4.78 is 6.29. The predicted molar refractivity (Wildman–Crippen MR) is 166 cm³/mol. The molecule has 3 aromatic rings. The Morgan fingerprint density at radius 3 is 2.50 bits per heavy atom. The maximum Gasteiger partial charge on any atom is 0.290 e. The normalized spacial score (nSPS) is 18.1. The minimum Gasteiger partial charge on any atom is -0.497 e. The topological polar surface area (TPSA) is 120 Å². The lowest BCUT2D eigenvalue weighted by atomic mass is 9.99. The second kappa shape index (κ2) is 13.9. The molecule has 1 aliphatic heterocycles. The molecule has 9 nitrogen and oxygen atoms in total. The van der Waals surface area contributed by atoms with Crippen molar-refractivity contribution < 1.29 is 14.6 Å². The number of methoxy groups -OCH3 is 1. The first-order valence-electron chi connectivity index (χ1n) is 14.4. The first-order chi connectivity index (χ1) is 20.3. The van der Waals surface area contributed by atoms with Gasteiger partial charge in [0.15, 0.2) is 4.99 Å². The van der Waals surface area contributed by atoms with E-state index in [-0.39, 0.29) is 11.6 Å². The average molecular weight is 590 g/mol. The molecular weight excluding hydrogens is 550 g/mol. The Labute approximate surface area is 251 Å². The number of hydrogen-bond donors (Lipinski definition) is 3. The van der Waals surface area contributed by atoms with E-state index < -0.39 is 22.3 Å². The molecule has 0 spiro atoms. The average Bonchev–Trinajstić information content (AvgIpc) is 3.46. The van der Waals surface area contributed by atoms with Gasteiger partial charge in [-0.15, -0.1) is 11.8 Å². The molecule has 0 saturated carbocycles. The van der Waals surface area contributed by atoms with Crippen LogP contribution in [0.1, 0.15) is 78.2 Å². The van der Waals surface area contributed by atoms with Crippen molar-refractivity contribution in [1.29, 1.82) is 5.26 Å². The zero-order chi connectivity index (χ0) is 30.3. The SMILES string of the molecule is CCCCN(CCCC)C1(c2c(C)c(C#N)c(=O)n(NC(=O)c3ccccc3)c2O)NC(c2cccc(OC)c2)CS1. The van der Waals surface area contributed by atoms with Crippen LogP contribution < -0.4 is 21.0 Å². The molecule has 1 fully saturated rings. The molecule has 42 heavy (non-hydrogen) atoms. The molecule has 3 N–H and O–H groups in total. The molecule has 2 heterocycles. The number of thioether (sulfide) groups is 1. The first-order valence-corrected chi connectivity index (χ1v) is 15.4. The van der Waals surface area contributed by atoms with Gasteiger partial charge in [-0.3, -0.25) is 25.2 Å². The van der Waals surface area contributed by atoms with Crippen LogP contribution in [0.15, 0.2) is 59.4 Å². The highest BCUT2D eigenvalue weighted by Crippen LogP contribution is 2.50. The smallest absolute Gasteiger partial charge is 0.290 e. The van der Waals surface area contributed by atoms with Crippen LogP contribution in [0.2, 0.25) is 0 Å².